The van der Waals surface area contributed by atoms with Gasteiger partial charge in [-0.25, -0.2) is 19.2 Å². The van der Waals surface area contributed by atoms with Crippen LogP contribution in [0.3, 0.4) is 0 Å². The number of carbonyl (C=O) groups is 4. The second-order valence-electron chi connectivity index (χ2n) is 9.42. The van der Waals surface area contributed by atoms with E-state index in [2.05, 4.69) is 52.3 Å². The van der Waals surface area contributed by atoms with Gasteiger partial charge in [-0.15, -0.1) is 11.8 Å². The molecule has 0 atom stereocenters. The number of carboxylic acid groups (broad SMARTS) is 4. The van der Waals surface area contributed by atoms with Crippen LogP contribution in [0.1, 0.15) is 23.1 Å². The fourth-order valence-electron chi connectivity index (χ4n) is 4.32. The standard InChI is InChI=1S/C23H27ClN2OS.2C4H4O4/c24-19-7-8-23-22(16-19)21(20-5-2-1-4-18(20)17-28-23)6-3-9-25-10-12-26(13-11-25)14-15-27;2*5-3(6)1-2-4(7)8/h1-2,4-8,16,27H,3,9-15,17H2;2*1-2H,(H,5,6)(H,7,8)/b21-6+;2*2-1-. The molecule has 0 amide bonds. The molecule has 0 saturated carbocycles. The number of β-amino-alcohol motifs (C(OH)–C–C–N with tert-alkyl or cyclic N) is 1. The highest BCUT2D eigenvalue weighted by Gasteiger charge is 2.19. The Bertz CT molecular complexity index is 1320. The van der Waals surface area contributed by atoms with Gasteiger partial charge in [0.15, 0.2) is 0 Å². The summed E-state index contributed by atoms with van der Waals surface area (Å²) in [6.45, 7) is 6.39. The number of piperazine rings is 1. The monoisotopic (exact) mass is 646 g/mol. The zero-order valence-corrected chi connectivity index (χ0v) is 25.4. The maximum absolute atomic E-state index is 9.55. The van der Waals surface area contributed by atoms with E-state index in [9.17, 15) is 19.2 Å². The van der Waals surface area contributed by atoms with Crippen LogP contribution >= 0.6 is 23.4 Å². The first kappa shape index (κ1) is 36.3. The van der Waals surface area contributed by atoms with Crippen LogP contribution in [-0.4, -0.2) is 105 Å². The SMILES string of the molecule is O=C(O)/C=C\C(=O)O.O=C(O)/C=C\C(=O)O.OCCN1CCN(CC/C=C2\c3ccccc3CSc3ccc(Cl)cc32)CC1. The van der Waals surface area contributed by atoms with Gasteiger partial charge < -0.3 is 30.4 Å². The molecule has 2 aliphatic heterocycles. The van der Waals surface area contributed by atoms with Gasteiger partial charge in [0.25, 0.3) is 0 Å². The van der Waals surface area contributed by atoms with Crippen molar-refractivity contribution in [1.82, 2.24) is 9.80 Å². The number of thioether (sulfide) groups is 1. The summed E-state index contributed by atoms with van der Waals surface area (Å²) in [7, 11) is 0. The molecule has 0 aromatic heterocycles. The molecule has 1 saturated heterocycles. The van der Waals surface area contributed by atoms with Gasteiger partial charge in [0.2, 0.25) is 0 Å². The van der Waals surface area contributed by atoms with Crippen LogP contribution in [0.4, 0.5) is 0 Å². The minimum absolute atomic E-state index is 0.255. The van der Waals surface area contributed by atoms with Gasteiger partial charge in [0, 0.05) is 79.2 Å². The van der Waals surface area contributed by atoms with Gasteiger partial charge in [-0.3, -0.25) is 4.90 Å². The fraction of sp³-hybridized carbons (Fsp3) is 0.290. The molecule has 0 unspecified atom stereocenters. The van der Waals surface area contributed by atoms with Crippen molar-refractivity contribution in [2.75, 3.05) is 45.9 Å². The predicted octanol–water partition coefficient (Wildman–Crippen LogP) is 3.80. The molecule has 236 valence electrons. The Labute approximate surface area is 264 Å². The number of aliphatic hydroxyl groups is 1. The number of fused-ring (bicyclic) bond motifs is 2. The van der Waals surface area contributed by atoms with Crippen molar-refractivity contribution in [3.63, 3.8) is 0 Å². The average molecular weight is 647 g/mol. The van der Waals surface area contributed by atoms with Crippen molar-refractivity contribution in [2.24, 2.45) is 0 Å². The number of carboxylic acids is 4. The highest BCUT2D eigenvalue weighted by atomic mass is 35.5. The lowest BCUT2D eigenvalue weighted by molar-refractivity contribution is -0.134. The second-order valence-corrected chi connectivity index (χ2v) is 10.9. The Morgan fingerprint density at radius 1 is 0.750 bits per heavy atom. The van der Waals surface area contributed by atoms with Crippen molar-refractivity contribution in [3.05, 3.63) is 94.6 Å². The highest BCUT2D eigenvalue weighted by molar-refractivity contribution is 7.98. The van der Waals surface area contributed by atoms with Crippen molar-refractivity contribution in [2.45, 2.75) is 17.1 Å². The summed E-state index contributed by atoms with van der Waals surface area (Å²) < 4.78 is 0. The lowest BCUT2D eigenvalue weighted by Crippen LogP contribution is -2.47. The van der Waals surface area contributed by atoms with Crippen LogP contribution in [0.5, 0.6) is 0 Å². The number of aliphatic carboxylic acids is 4. The van der Waals surface area contributed by atoms with E-state index in [1.165, 1.54) is 27.2 Å². The summed E-state index contributed by atoms with van der Waals surface area (Å²) in [6.07, 6.45) is 5.66. The third kappa shape index (κ3) is 13.6. The summed E-state index contributed by atoms with van der Waals surface area (Å²) in [5.74, 6) is -4.03. The molecule has 2 heterocycles. The largest absolute Gasteiger partial charge is 0.478 e. The topological polar surface area (TPSA) is 176 Å². The summed E-state index contributed by atoms with van der Waals surface area (Å²) >= 11 is 8.25. The van der Waals surface area contributed by atoms with Gasteiger partial charge in [0.05, 0.1) is 6.61 Å². The van der Waals surface area contributed by atoms with Crippen LogP contribution in [0, 0.1) is 0 Å². The molecule has 0 aliphatic carbocycles. The number of benzene rings is 2. The van der Waals surface area contributed by atoms with E-state index >= 15 is 0 Å². The first-order chi connectivity index (χ1) is 21.0. The molecule has 0 radical (unpaired) electrons. The fourth-order valence-corrected chi connectivity index (χ4v) is 5.55. The lowest BCUT2D eigenvalue weighted by atomic mass is 9.93. The molecule has 2 aromatic rings. The Kier molecular flexibility index (Phi) is 16.0. The number of hydrogen-bond acceptors (Lipinski definition) is 8. The molecular weight excluding hydrogens is 612 g/mol. The average Bonchev–Trinajstić information content (AvgIpc) is 3.13. The summed E-state index contributed by atoms with van der Waals surface area (Å²) in [5, 5.41) is 41.1. The Hall–Kier alpha value is -3.94. The number of rotatable bonds is 9. The molecule has 2 aromatic carbocycles. The van der Waals surface area contributed by atoms with E-state index in [0.29, 0.717) is 24.3 Å². The quantitative estimate of drug-likeness (QED) is 0.250. The molecule has 13 heteroatoms. The van der Waals surface area contributed by atoms with Crippen LogP contribution in [0.2, 0.25) is 5.02 Å². The van der Waals surface area contributed by atoms with E-state index in [1.54, 1.807) is 0 Å². The molecule has 2 aliphatic rings. The van der Waals surface area contributed by atoms with Gasteiger partial charge in [0.1, 0.15) is 0 Å². The predicted molar refractivity (Wildman–Crippen MR) is 168 cm³/mol. The zero-order chi connectivity index (χ0) is 32.5. The van der Waals surface area contributed by atoms with E-state index in [4.69, 9.17) is 37.1 Å². The first-order valence-corrected chi connectivity index (χ1v) is 14.9. The molecule has 11 nitrogen and oxygen atoms in total. The number of hydrogen-bond donors (Lipinski definition) is 5. The summed E-state index contributed by atoms with van der Waals surface area (Å²) in [4.78, 5) is 44.4. The minimum atomic E-state index is -1.26. The third-order valence-electron chi connectivity index (χ3n) is 6.33. The van der Waals surface area contributed by atoms with E-state index < -0.39 is 23.9 Å². The van der Waals surface area contributed by atoms with Crippen molar-refractivity contribution in [1.29, 1.82) is 0 Å². The maximum atomic E-state index is 9.55. The molecule has 0 bridgehead atoms. The van der Waals surface area contributed by atoms with Crippen LogP contribution in [0.25, 0.3) is 5.57 Å². The highest BCUT2D eigenvalue weighted by Crippen LogP contribution is 2.41. The smallest absolute Gasteiger partial charge is 0.328 e. The minimum Gasteiger partial charge on any atom is -0.478 e. The van der Waals surface area contributed by atoms with Crippen LogP contribution < -0.4 is 0 Å². The van der Waals surface area contributed by atoms with Crippen molar-refractivity contribution < 1.29 is 44.7 Å². The lowest BCUT2D eigenvalue weighted by Gasteiger charge is -2.34. The molecule has 44 heavy (non-hydrogen) atoms. The van der Waals surface area contributed by atoms with Gasteiger partial charge in [-0.05, 0) is 46.9 Å². The second kappa shape index (κ2) is 19.4. The molecule has 0 spiro atoms. The molecule has 4 rings (SSSR count). The van der Waals surface area contributed by atoms with Crippen molar-refractivity contribution in [3.8, 4) is 0 Å². The van der Waals surface area contributed by atoms with E-state index in [1.807, 2.05) is 17.8 Å². The normalized spacial score (nSPS) is 15.7. The Balaban J connectivity index is 0.000000349. The zero-order valence-electron chi connectivity index (χ0n) is 23.8. The number of aliphatic hydroxyl groups excluding tert-OH is 1. The van der Waals surface area contributed by atoms with Crippen LogP contribution in [-0.2, 0) is 24.9 Å². The number of nitrogens with zero attached hydrogens (tertiary/aromatic N) is 2. The Morgan fingerprint density at radius 3 is 1.80 bits per heavy atom. The van der Waals surface area contributed by atoms with Crippen molar-refractivity contribution >= 4 is 52.8 Å². The summed E-state index contributed by atoms with van der Waals surface area (Å²) in [6, 6.07) is 15.0. The maximum Gasteiger partial charge on any atom is 0.328 e. The molecule has 1 fully saturated rings. The summed E-state index contributed by atoms with van der Waals surface area (Å²) in [5.41, 5.74) is 5.31. The van der Waals surface area contributed by atoms with Crippen LogP contribution in [0.15, 0.2) is 77.7 Å². The molecular formula is C31H35ClN2O9S. The van der Waals surface area contributed by atoms with Gasteiger partial charge in [-0.2, -0.15) is 0 Å². The molecule has 5 N–H and O–H groups in total. The first-order valence-electron chi connectivity index (χ1n) is 13.5. The van der Waals surface area contributed by atoms with E-state index in [-0.39, 0.29) is 6.61 Å². The van der Waals surface area contributed by atoms with Gasteiger partial charge in [-0.1, -0.05) is 41.9 Å². The van der Waals surface area contributed by atoms with Gasteiger partial charge >= 0.3 is 23.9 Å². The number of halogens is 1. The third-order valence-corrected chi connectivity index (χ3v) is 7.69. The Morgan fingerprint density at radius 2 is 1.27 bits per heavy atom. The van der Waals surface area contributed by atoms with E-state index in [0.717, 1.165) is 56.5 Å².